The van der Waals surface area contributed by atoms with E-state index in [0.717, 1.165) is 24.0 Å². The minimum absolute atomic E-state index is 0.203. The van der Waals surface area contributed by atoms with Crippen LogP contribution in [-0.2, 0) is 17.9 Å². The lowest BCUT2D eigenvalue weighted by Gasteiger charge is -2.14. The van der Waals surface area contributed by atoms with Gasteiger partial charge in [-0.2, -0.15) is 5.21 Å². The molecular weight excluding hydrogens is 266 g/mol. The van der Waals surface area contributed by atoms with E-state index < -0.39 is 0 Å². The highest BCUT2D eigenvalue weighted by Crippen LogP contribution is 2.27. The number of H-pyrrole nitrogens is 1. The molecule has 2 heterocycles. The number of carbonyl (C=O) groups is 1. The second kappa shape index (κ2) is 5.87. The van der Waals surface area contributed by atoms with Gasteiger partial charge in [-0.3, -0.25) is 4.79 Å². The van der Waals surface area contributed by atoms with E-state index in [2.05, 4.69) is 27.2 Å². The normalized spacial score (nSPS) is 13.2. The summed E-state index contributed by atoms with van der Waals surface area (Å²) in [6.07, 6.45) is 4.18. The first-order valence-electron chi connectivity index (χ1n) is 7.02. The molecular formula is C15H17N5O. The fraction of sp³-hybridized carbons (Fsp3) is 0.333. The number of benzene rings is 1. The molecule has 108 valence electrons. The maximum Gasteiger partial charge on any atom is 0.223 e. The minimum Gasteiger partial charge on any atom is -0.334 e. The summed E-state index contributed by atoms with van der Waals surface area (Å²) in [4.78, 5) is 14.1. The molecule has 1 aromatic heterocycles. The molecule has 6 nitrogen and oxygen atoms in total. The Morgan fingerprint density at radius 3 is 3.00 bits per heavy atom. The van der Waals surface area contributed by atoms with Crippen molar-refractivity contribution in [2.75, 3.05) is 0 Å². The van der Waals surface area contributed by atoms with Crippen LogP contribution >= 0.6 is 0 Å². The van der Waals surface area contributed by atoms with Gasteiger partial charge in [0.05, 0.1) is 0 Å². The summed E-state index contributed by atoms with van der Waals surface area (Å²) in [5.41, 5.74) is 3.28. The van der Waals surface area contributed by atoms with Gasteiger partial charge < -0.3 is 4.90 Å². The number of amides is 1. The fourth-order valence-corrected chi connectivity index (χ4v) is 2.55. The number of hydrogen-bond donors (Lipinski definition) is 1. The first kappa shape index (κ1) is 13.5. The number of fused-ring (bicyclic) bond motifs is 1. The molecule has 1 N–H and O–H groups in total. The number of rotatable bonds is 5. The standard InChI is InChI=1S/C15H17N5O/c1-2-3-4-5-14(21)20-9-12-7-6-11(8-13(12)10-20)15-16-18-19-17-15/h2,6-8H,1,3-5,9-10H2,(H,16,17,18,19). The van der Waals surface area contributed by atoms with E-state index in [1.807, 2.05) is 29.2 Å². The summed E-state index contributed by atoms with van der Waals surface area (Å²) in [7, 11) is 0. The van der Waals surface area contributed by atoms with E-state index in [4.69, 9.17) is 0 Å². The second-order valence-electron chi connectivity index (χ2n) is 5.15. The molecule has 2 aromatic rings. The molecule has 0 atom stereocenters. The summed E-state index contributed by atoms with van der Waals surface area (Å²) in [6, 6.07) is 6.05. The molecule has 0 fully saturated rings. The van der Waals surface area contributed by atoms with Gasteiger partial charge in [0, 0.05) is 25.1 Å². The first-order chi connectivity index (χ1) is 10.3. The molecule has 0 bridgehead atoms. The number of aromatic amines is 1. The molecule has 1 aromatic carbocycles. The quantitative estimate of drug-likeness (QED) is 0.673. The fourth-order valence-electron chi connectivity index (χ4n) is 2.55. The van der Waals surface area contributed by atoms with Crippen LogP contribution in [0.5, 0.6) is 0 Å². The van der Waals surface area contributed by atoms with Crippen LogP contribution in [0.15, 0.2) is 30.9 Å². The number of aromatic nitrogens is 4. The highest BCUT2D eigenvalue weighted by molar-refractivity contribution is 5.77. The highest BCUT2D eigenvalue weighted by atomic mass is 16.2. The lowest BCUT2D eigenvalue weighted by Crippen LogP contribution is -2.24. The maximum absolute atomic E-state index is 12.2. The number of nitrogens with zero attached hydrogens (tertiary/aromatic N) is 4. The van der Waals surface area contributed by atoms with Crippen LogP contribution in [0.3, 0.4) is 0 Å². The number of hydrogen-bond acceptors (Lipinski definition) is 4. The molecule has 0 radical (unpaired) electrons. The Balaban J connectivity index is 1.70. The summed E-state index contributed by atoms with van der Waals surface area (Å²) >= 11 is 0. The van der Waals surface area contributed by atoms with Gasteiger partial charge in [-0.1, -0.05) is 18.2 Å². The molecule has 6 heteroatoms. The zero-order valence-electron chi connectivity index (χ0n) is 11.7. The third-order valence-corrected chi connectivity index (χ3v) is 3.68. The molecule has 1 aliphatic heterocycles. The van der Waals surface area contributed by atoms with E-state index in [9.17, 15) is 4.79 Å². The molecule has 0 spiro atoms. The lowest BCUT2D eigenvalue weighted by atomic mass is 10.1. The van der Waals surface area contributed by atoms with Gasteiger partial charge in [0.15, 0.2) is 0 Å². The van der Waals surface area contributed by atoms with Gasteiger partial charge in [0.2, 0.25) is 11.7 Å². The van der Waals surface area contributed by atoms with E-state index in [1.165, 1.54) is 5.56 Å². The number of allylic oxidation sites excluding steroid dienone is 1. The van der Waals surface area contributed by atoms with E-state index in [-0.39, 0.29) is 5.91 Å². The van der Waals surface area contributed by atoms with Crippen molar-refractivity contribution in [1.82, 2.24) is 25.5 Å². The zero-order valence-corrected chi connectivity index (χ0v) is 11.7. The third-order valence-electron chi connectivity index (χ3n) is 3.68. The summed E-state index contributed by atoms with van der Waals surface area (Å²) < 4.78 is 0. The molecule has 0 saturated carbocycles. The van der Waals surface area contributed by atoms with Crippen LogP contribution < -0.4 is 0 Å². The number of nitrogens with one attached hydrogen (secondary N) is 1. The molecule has 0 aliphatic carbocycles. The number of unbranched alkanes of at least 4 members (excludes halogenated alkanes) is 1. The lowest BCUT2D eigenvalue weighted by molar-refractivity contribution is -0.131. The highest BCUT2D eigenvalue weighted by Gasteiger charge is 2.23. The predicted molar refractivity (Wildman–Crippen MR) is 77.9 cm³/mol. The number of carbonyl (C=O) groups excluding carboxylic acids is 1. The Bertz CT molecular complexity index is 650. The van der Waals surface area contributed by atoms with Crippen molar-refractivity contribution in [3.63, 3.8) is 0 Å². The van der Waals surface area contributed by atoms with Gasteiger partial charge in [0.1, 0.15) is 0 Å². The van der Waals surface area contributed by atoms with Gasteiger partial charge in [0.25, 0.3) is 0 Å². The van der Waals surface area contributed by atoms with Crippen LogP contribution in [0.25, 0.3) is 11.4 Å². The van der Waals surface area contributed by atoms with Crippen LogP contribution in [0, 0.1) is 0 Å². The van der Waals surface area contributed by atoms with Gasteiger partial charge in [-0.25, -0.2) is 0 Å². The Morgan fingerprint density at radius 2 is 2.24 bits per heavy atom. The van der Waals surface area contributed by atoms with Crippen LogP contribution in [0.4, 0.5) is 0 Å². The number of tetrazole rings is 1. The molecule has 1 aliphatic rings. The molecule has 0 unspecified atom stereocenters. The van der Waals surface area contributed by atoms with E-state index in [0.29, 0.717) is 25.3 Å². The average Bonchev–Trinajstić information content (AvgIpc) is 3.15. The monoisotopic (exact) mass is 283 g/mol. The first-order valence-corrected chi connectivity index (χ1v) is 7.02. The second-order valence-corrected chi connectivity index (χ2v) is 5.15. The van der Waals surface area contributed by atoms with Crippen LogP contribution in [0.1, 0.15) is 30.4 Å². The molecule has 21 heavy (non-hydrogen) atoms. The molecule has 1 amide bonds. The van der Waals surface area contributed by atoms with Crippen LogP contribution in [-0.4, -0.2) is 31.4 Å². The van der Waals surface area contributed by atoms with Crippen molar-refractivity contribution < 1.29 is 4.79 Å². The Hall–Kier alpha value is -2.50. The predicted octanol–water partition coefficient (Wildman–Crippen LogP) is 2.07. The van der Waals surface area contributed by atoms with Crippen molar-refractivity contribution >= 4 is 5.91 Å². The third kappa shape index (κ3) is 2.84. The molecule has 3 rings (SSSR count). The van der Waals surface area contributed by atoms with Crippen molar-refractivity contribution in [2.24, 2.45) is 0 Å². The smallest absolute Gasteiger partial charge is 0.223 e. The Labute approximate surface area is 122 Å². The van der Waals surface area contributed by atoms with Crippen LogP contribution in [0.2, 0.25) is 0 Å². The summed E-state index contributed by atoms with van der Waals surface area (Å²) in [5, 5.41) is 14.0. The van der Waals surface area contributed by atoms with Gasteiger partial charge >= 0.3 is 0 Å². The van der Waals surface area contributed by atoms with E-state index in [1.54, 1.807) is 0 Å². The van der Waals surface area contributed by atoms with Crippen molar-refractivity contribution in [3.05, 3.63) is 42.0 Å². The van der Waals surface area contributed by atoms with Gasteiger partial charge in [-0.15, -0.1) is 16.8 Å². The Morgan fingerprint density at radius 1 is 1.38 bits per heavy atom. The largest absolute Gasteiger partial charge is 0.334 e. The van der Waals surface area contributed by atoms with Crippen molar-refractivity contribution in [2.45, 2.75) is 32.4 Å². The summed E-state index contributed by atoms with van der Waals surface area (Å²) in [5.74, 6) is 0.780. The van der Waals surface area contributed by atoms with E-state index >= 15 is 0 Å². The minimum atomic E-state index is 0.203. The topological polar surface area (TPSA) is 74.8 Å². The van der Waals surface area contributed by atoms with Crippen molar-refractivity contribution in [3.8, 4) is 11.4 Å². The average molecular weight is 283 g/mol. The molecule has 0 saturated heterocycles. The maximum atomic E-state index is 12.2. The Kier molecular flexibility index (Phi) is 3.77. The van der Waals surface area contributed by atoms with Gasteiger partial charge in [-0.05, 0) is 35.2 Å². The zero-order chi connectivity index (χ0) is 14.7. The SMILES string of the molecule is C=CCCCC(=O)N1Cc2ccc(-c3nn[nH]n3)cc2C1. The summed E-state index contributed by atoms with van der Waals surface area (Å²) in [6.45, 7) is 5.03. The van der Waals surface area contributed by atoms with Crippen molar-refractivity contribution in [1.29, 1.82) is 0 Å².